The summed E-state index contributed by atoms with van der Waals surface area (Å²) in [4.78, 5) is 4.07. The second-order valence-electron chi connectivity index (χ2n) is 4.13. The maximum atomic E-state index is 6.10. The van der Waals surface area contributed by atoms with Crippen molar-refractivity contribution in [2.75, 3.05) is 5.73 Å². The van der Waals surface area contributed by atoms with Gasteiger partial charge in [-0.15, -0.1) is 0 Å². The minimum absolute atomic E-state index is 0.259. The molecule has 3 nitrogen and oxygen atoms in total. The maximum Gasteiger partial charge on any atom is 0.0378 e. The molecule has 0 bridgehead atoms. The fraction of sp³-hybridized carbons (Fsp3) is 0.545. The number of nitrogens with zero attached hydrogens (tertiary/aromatic N) is 1. The van der Waals surface area contributed by atoms with Gasteiger partial charge < -0.3 is 11.5 Å². The van der Waals surface area contributed by atoms with E-state index in [1.54, 1.807) is 6.20 Å². The molecule has 1 unspecified atom stereocenters. The largest absolute Gasteiger partial charge is 0.398 e. The topological polar surface area (TPSA) is 64.9 Å². The van der Waals surface area contributed by atoms with Crippen LogP contribution in [-0.2, 0) is 6.42 Å². The lowest BCUT2D eigenvalue weighted by Gasteiger charge is -2.31. The number of pyridine rings is 1. The van der Waals surface area contributed by atoms with Crippen LogP contribution in [0.3, 0.4) is 0 Å². The lowest BCUT2D eigenvalue weighted by Crippen LogP contribution is -2.36. The Kier molecular flexibility index (Phi) is 2.68. The predicted molar refractivity (Wildman–Crippen MR) is 57.7 cm³/mol. The van der Waals surface area contributed by atoms with E-state index in [0.29, 0.717) is 5.92 Å². The van der Waals surface area contributed by atoms with E-state index >= 15 is 0 Å². The van der Waals surface area contributed by atoms with E-state index in [1.165, 1.54) is 19.3 Å². The second kappa shape index (κ2) is 3.96. The molecule has 1 heterocycles. The summed E-state index contributed by atoms with van der Waals surface area (Å²) in [7, 11) is 0. The molecule has 0 aliphatic heterocycles. The van der Waals surface area contributed by atoms with Crippen LogP contribution < -0.4 is 11.5 Å². The molecular formula is C11H17N3. The van der Waals surface area contributed by atoms with E-state index in [9.17, 15) is 0 Å². The zero-order chi connectivity index (χ0) is 9.97. The minimum atomic E-state index is 0.259. The summed E-state index contributed by atoms with van der Waals surface area (Å²) in [6, 6.07) is 2.10. The molecule has 1 saturated carbocycles. The van der Waals surface area contributed by atoms with Crippen molar-refractivity contribution in [1.29, 1.82) is 0 Å². The van der Waals surface area contributed by atoms with Crippen LogP contribution in [0.1, 0.15) is 24.8 Å². The van der Waals surface area contributed by atoms with Crippen LogP contribution in [-0.4, -0.2) is 11.0 Å². The third-order valence-corrected chi connectivity index (χ3v) is 3.15. The molecule has 1 atom stereocenters. The summed E-state index contributed by atoms with van der Waals surface area (Å²) in [6.45, 7) is 0. The molecule has 0 amide bonds. The highest BCUT2D eigenvalue weighted by Gasteiger charge is 2.24. The molecule has 4 N–H and O–H groups in total. The van der Waals surface area contributed by atoms with E-state index in [0.717, 1.165) is 17.7 Å². The van der Waals surface area contributed by atoms with Crippen molar-refractivity contribution in [1.82, 2.24) is 4.98 Å². The van der Waals surface area contributed by atoms with Crippen LogP contribution in [0.5, 0.6) is 0 Å². The standard InChI is InChI=1S/C11H17N3/c12-10-4-5-14-7-9(10)6-11(13)8-2-1-3-8/h4-5,7-8,11H,1-3,6,13H2,(H2,12,14). The van der Waals surface area contributed by atoms with E-state index in [-0.39, 0.29) is 6.04 Å². The summed E-state index contributed by atoms with van der Waals surface area (Å²) < 4.78 is 0. The van der Waals surface area contributed by atoms with Gasteiger partial charge in [-0.25, -0.2) is 0 Å². The van der Waals surface area contributed by atoms with Crippen LogP contribution in [0.2, 0.25) is 0 Å². The highest BCUT2D eigenvalue weighted by molar-refractivity contribution is 5.44. The Morgan fingerprint density at radius 3 is 2.86 bits per heavy atom. The first-order valence-electron chi connectivity index (χ1n) is 5.21. The average Bonchev–Trinajstić information content (AvgIpc) is 2.05. The van der Waals surface area contributed by atoms with E-state index < -0.39 is 0 Å². The van der Waals surface area contributed by atoms with Crippen molar-refractivity contribution in [2.24, 2.45) is 11.7 Å². The lowest BCUT2D eigenvalue weighted by molar-refractivity contribution is 0.260. The summed E-state index contributed by atoms with van der Waals surface area (Å²) >= 11 is 0. The van der Waals surface area contributed by atoms with Crippen molar-refractivity contribution >= 4 is 5.69 Å². The van der Waals surface area contributed by atoms with Gasteiger partial charge in [0.25, 0.3) is 0 Å². The number of nitrogen functional groups attached to an aromatic ring is 1. The molecule has 0 radical (unpaired) electrons. The first kappa shape index (κ1) is 9.46. The Morgan fingerprint density at radius 2 is 2.29 bits per heavy atom. The average molecular weight is 191 g/mol. The first-order chi connectivity index (χ1) is 6.77. The van der Waals surface area contributed by atoms with Crippen LogP contribution >= 0.6 is 0 Å². The number of rotatable bonds is 3. The second-order valence-corrected chi connectivity index (χ2v) is 4.13. The molecule has 14 heavy (non-hydrogen) atoms. The van der Waals surface area contributed by atoms with Crippen molar-refractivity contribution < 1.29 is 0 Å². The zero-order valence-corrected chi connectivity index (χ0v) is 8.32. The molecular weight excluding hydrogens is 174 g/mol. The van der Waals surface area contributed by atoms with Gasteiger partial charge in [-0.3, -0.25) is 4.98 Å². The van der Waals surface area contributed by atoms with Gasteiger partial charge >= 0.3 is 0 Å². The van der Waals surface area contributed by atoms with Gasteiger partial charge in [0, 0.05) is 24.1 Å². The molecule has 1 aromatic heterocycles. The Hall–Kier alpha value is -1.09. The highest BCUT2D eigenvalue weighted by atomic mass is 14.7. The molecule has 76 valence electrons. The Balaban J connectivity index is 1.99. The summed E-state index contributed by atoms with van der Waals surface area (Å²) in [5.41, 5.74) is 13.8. The normalized spacial score (nSPS) is 18.9. The van der Waals surface area contributed by atoms with Crippen LogP contribution in [0.4, 0.5) is 5.69 Å². The van der Waals surface area contributed by atoms with E-state index in [1.807, 2.05) is 12.3 Å². The third kappa shape index (κ3) is 1.87. The fourth-order valence-corrected chi connectivity index (χ4v) is 1.90. The molecule has 1 fully saturated rings. The number of nitrogens with two attached hydrogens (primary N) is 2. The molecule has 0 saturated heterocycles. The van der Waals surface area contributed by atoms with Crippen LogP contribution in [0.25, 0.3) is 0 Å². The lowest BCUT2D eigenvalue weighted by atomic mass is 9.78. The number of hydrogen-bond donors (Lipinski definition) is 2. The van der Waals surface area contributed by atoms with Gasteiger partial charge in [0.2, 0.25) is 0 Å². The van der Waals surface area contributed by atoms with Gasteiger partial charge in [-0.2, -0.15) is 0 Å². The first-order valence-corrected chi connectivity index (χ1v) is 5.21. The molecule has 1 aromatic rings. The quantitative estimate of drug-likeness (QED) is 0.757. The van der Waals surface area contributed by atoms with E-state index in [2.05, 4.69) is 4.98 Å². The molecule has 0 spiro atoms. The molecule has 2 rings (SSSR count). The van der Waals surface area contributed by atoms with Crippen molar-refractivity contribution in [3.63, 3.8) is 0 Å². The Bertz CT molecular complexity index is 307. The Labute approximate surface area is 84.5 Å². The molecule has 0 aromatic carbocycles. The van der Waals surface area contributed by atoms with Crippen molar-refractivity contribution in [3.05, 3.63) is 24.0 Å². The van der Waals surface area contributed by atoms with Crippen molar-refractivity contribution in [2.45, 2.75) is 31.7 Å². The van der Waals surface area contributed by atoms with Gasteiger partial charge in [0.05, 0.1) is 0 Å². The van der Waals surface area contributed by atoms with Gasteiger partial charge in [0.15, 0.2) is 0 Å². The molecule has 1 aliphatic rings. The van der Waals surface area contributed by atoms with Crippen LogP contribution in [0.15, 0.2) is 18.5 Å². The minimum Gasteiger partial charge on any atom is -0.398 e. The number of anilines is 1. The van der Waals surface area contributed by atoms with Gasteiger partial charge in [0.1, 0.15) is 0 Å². The Morgan fingerprint density at radius 1 is 1.50 bits per heavy atom. The monoisotopic (exact) mass is 191 g/mol. The van der Waals surface area contributed by atoms with Crippen molar-refractivity contribution in [3.8, 4) is 0 Å². The number of hydrogen-bond acceptors (Lipinski definition) is 3. The van der Waals surface area contributed by atoms with Gasteiger partial charge in [-0.1, -0.05) is 6.42 Å². The fourth-order valence-electron chi connectivity index (χ4n) is 1.90. The highest BCUT2D eigenvalue weighted by Crippen LogP contribution is 2.30. The number of aromatic nitrogens is 1. The zero-order valence-electron chi connectivity index (χ0n) is 8.32. The maximum absolute atomic E-state index is 6.10. The molecule has 3 heteroatoms. The summed E-state index contributed by atoms with van der Waals surface area (Å²) in [6.07, 6.45) is 8.30. The van der Waals surface area contributed by atoms with Crippen LogP contribution in [0, 0.1) is 5.92 Å². The summed E-state index contributed by atoms with van der Waals surface area (Å²) in [5.74, 6) is 0.703. The third-order valence-electron chi connectivity index (χ3n) is 3.15. The summed E-state index contributed by atoms with van der Waals surface area (Å²) in [5, 5.41) is 0. The SMILES string of the molecule is Nc1ccncc1CC(N)C1CCC1. The van der Waals surface area contributed by atoms with Gasteiger partial charge in [-0.05, 0) is 36.8 Å². The smallest absolute Gasteiger partial charge is 0.0378 e. The predicted octanol–water partition coefficient (Wildman–Crippen LogP) is 1.33. The van der Waals surface area contributed by atoms with E-state index in [4.69, 9.17) is 11.5 Å². The molecule has 1 aliphatic carbocycles.